The lowest BCUT2D eigenvalue weighted by Gasteiger charge is -2.38. The molecule has 10 atom stereocenters. The van der Waals surface area contributed by atoms with Gasteiger partial charge in [0.2, 0.25) is 0 Å². The van der Waals surface area contributed by atoms with Crippen LogP contribution in [0.2, 0.25) is 0 Å². The van der Waals surface area contributed by atoms with E-state index < -0.39 is 67.6 Å². The van der Waals surface area contributed by atoms with Crippen molar-refractivity contribution in [2.24, 2.45) is 0 Å². The van der Waals surface area contributed by atoms with Crippen LogP contribution >= 0.6 is 0 Å². The van der Waals surface area contributed by atoms with E-state index >= 15 is 0 Å². The van der Waals surface area contributed by atoms with E-state index in [0.29, 0.717) is 24.3 Å². The first-order valence-corrected chi connectivity index (χ1v) is 15.2. The van der Waals surface area contributed by atoms with Gasteiger partial charge in [0.1, 0.15) is 54.9 Å². The molecule has 0 unspecified atom stereocenters. The van der Waals surface area contributed by atoms with Gasteiger partial charge in [-0.1, -0.05) is 35.8 Å². The normalized spacial score (nSPS) is 35.0. The standard InChI is InChI=1S/C34H38O11/c35-12-9-26-30(39)32(41)28(37)24(44-26)7-3-18-1-5-20-21-6-2-19(4-8-25-29(38)33(42)31(40)27(17-36)45-25)16-23(21)34(22(20)15-18)10-13-43-14-11-34/h1-2,5-6,15-16,24-33,35-42H,9-14,17H2/t24-,25-,26-,27-,28-,29-,30-,31-,32-,33-/m1/s1. The highest BCUT2D eigenvalue weighted by atomic mass is 16.5. The predicted molar refractivity (Wildman–Crippen MR) is 159 cm³/mol. The Hall–Kier alpha value is -2.88. The van der Waals surface area contributed by atoms with Crippen molar-refractivity contribution in [1.29, 1.82) is 0 Å². The maximum absolute atomic E-state index is 10.5. The zero-order valence-electron chi connectivity index (χ0n) is 24.5. The van der Waals surface area contributed by atoms with Gasteiger partial charge in [-0.05, 0) is 65.8 Å². The van der Waals surface area contributed by atoms with Crippen molar-refractivity contribution >= 4 is 0 Å². The summed E-state index contributed by atoms with van der Waals surface area (Å²) in [7, 11) is 0. The number of fused-ring (bicyclic) bond motifs is 5. The Bertz CT molecular complexity index is 1510. The van der Waals surface area contributed by atoms with Crippen LogP contribution in [0.1, 0.15) is 41.5 Å². The number of hydrogen-bond donors (Lipinski definition) is 8. The second-order valence-corrected chi connectivity index (χ2v) is 12.1. The molecule has 0 amide bonds. The van der Waals surface area contributed by atoms with Crippen molar-refractivity contribution in [3.63, 3.8) is 0 Å². The summed E-state index contributed by atoms with van der Waals surface area (Å²) in [4.78, 5) is 0. The number of ether oxygens (including phenoxy) is 3. The summed E-state index contributed by atoms with van der Waals surface area (Å²) in [5.41, 5.74) is 5.28. The predicted octanol–water partition coefficient (Wildman–Crippen LogP) is -1.46. The highest BCUT2D eigenvalue weighted by Gasteiger charge is 2.46. The summed E-state index contributed by atoms with van der Waals surface area (Å²) in [6.07, 6.45) is -11.1. The minimum absolute atomic E-state index is 0.0969. The minimum Gasteiger partial charge on any atom is -0.396 e. The van der Waals surface area contributed by atoms with E-state index in [9.17, 15) is 40.9 Å². The molecule has 11 nitrogen and oxygen atoms in total. The Morgan fingerprint density at radius 2 is 1.13 bits per heavy atom. The first kappa shape index (κ1) is 32.1. The van der Waals surface area contributed by atoms with Gasteiger partial charge in [0.15, 0.2) is 0 Å². The lowest BCUT2D eigenvalue weighted by atomic mass is 9.72. The summed E-state index contributed by atoms with van der Waals surface area (Å²) in [6.45, 7) is 0.345. The number of benzene rings is 2. The smallest absolute Gasteiger partial charge is 0.147 e. The molecule has 0 aromatic heterocycles. The minimum atomic E-state index is -1.50. The fourth-order valence-corrected chi connectivity index (χ4v) is 6.87. The van der Waals surface area contributed by atoms with Gasteiger partial charge in [-0.15, -0.1) is 0 Å². The van der Waals surface area contributed by atoms with Gasteiger partial charge in [-0.3, -0.25) is 0 Å². The maximum Gasteiger partial charge on any atom is 0.147 e. The van der Waals surface area contributed by atoms with E-state index in [1.165, 1.54) is 0 Å². The molecular weight excluding hydrogens is 584 g/mol. The van der Waals surface area contributed by atoms with Crippen molar-refractivity contribution in [3.8, 4) is 34.8 Å². The molecule has 0 bridgehead atoms. The van der Waals surface area contributed by atoms with Crippen LogP contribution in [-0.4, -0.2) is 128 Å². The second-order valence-electron chi connectivity index (χ2n) is 12.1. The van der Waals surface area contributed by atoms with Crippen LogP contribution in [-0.2, 0) is 19.6 Å². The molecule has 1 aliphatic carbocycles. The van der Waals surface area contributed by atoms with Gasteiger partial charge in [0.05, 0.1) is 12.7 Å². The molecule has 3 heterocycles. The van der Waals surface area contributed by atoms with Crippen LogP contribution in [0, 0.1) is 23.7 Å². The molecule has 6 rings (SSSR count). The molecular formula is C34H38O11. The average molecular weight is 623 g/mol. The largest absolute Gasteiger partial charge is 0.396 e. The van der Waals surface area contributed by atoms with Crippen molar-refractivity contribution < 1.29 is 55.1 Å². The quantitative estimate of drug-likeness (QED) is 0.187. The molecule has 240 valence electrons. The monoisotopic (exact) mass is 622 g/mol. The molecule has 8 N–H and O–H groups in total. The van der Waals surface area contributed by atoms with Gasteiger partial charge in [0, 0.05) is 36.4 Å². The molecule has 3 saturated heterocycles. The summed E-state index contributed by atoms with van der Waals surface area (Å²) in [5, 5.41) is 80.3. The van der Waals surface area contributed by atoms with Gasteiger partial charge in [-0.2, -0.15) is 0 Å². The number of hydrogen-bond acceptors (Lipinski definition) is 11. The Morgan fingerprint density at radius 1 is 0.644 bits per heavy atom. The van der Waals surface area contributed by atoms with E-state index in [1.807, 2.05) is 36.4 Å². The van der Waals surface area contributed by atoms with Crippen LogP contribution in [0.25, 0.3) is 11.1 Å². The lowest BCUT2D eigenvalue weighted by Crippen LogP contribution is -2.58. The fraction of sp³-hybridized carbons (Fsp3) is 0.529. The number of aliphatic hydroxyl groups is 8. The summed E-state index contributed by atoms with van der Waals surface area (Å²) < 4.78 is 17.0. The van der Waals surface area contributed by atoms with Crippen molar-refractivity contribution in [3.05, 3.63) is 58.7 Å². The highest BCUT2D eigenvalue weighted by molar-refractivity contribution is 5.82. The lowest BCUT2D eigenvalue weighted by molar-refractivity contribution is -0.214. The zero-order chi connectivity index (χ0) is 31.9. The molecule has 2 aromatic rings. The van der Waals surface area contributed by atoms with Crippen LogP contribution < -0.4 is 0 Å². The molecule has 1 spiro atoms. The van der Waals surface area contributed by atoms with E-state index in [4.69, 9.17) is 14.2 Å². The van der Waals surface area contributed by atoms with E-state index in [1.54, 1.807) is 0 Å². The first-order valence-electron chi connectivity index (χ1n) is 15.2. The second kappa shape index (κ2) is 13.1. The molecule has 3 fully saturated rings. The molecule has 2 aromatic carbocycles. The van der Waals surface area contributed by atoms with Crippen LogP contribution in [0.4, 0.5) is 0 Å². The van der Waals surface area contributed by atoms with Gasteiger partial charge >= 0.3 is 0 Å². The first-order chi connectivity index (χ1) is 21.7. The van der Waals surface area contributed by atoms with E-state index in [-0.39, 0.29) is 18.4 Å². The third-order valence-corrected chi connectivity index (χ3v) is 9.44. The SMILES string of the molecule is OCC[C@H]1O[C@H](C#Cc2ccc3c(c2)C2(CCOCC2)c2cc(C#C[C@H]4O[C@H](CO)[C@@H](O)[C@H](O)[C@@H]4O)ccc2-3)[C@@H](O)[C@@H](O)[C@@H]1O. The van der Waals surface area contributed by atoms with E-state index in [2.05, 4.69) is 23.7 Å². The fourth-order valence-electron chi connectivity index (χ4n) is 6.87. The molecule has 11 heteroatoms. The number of rotatable bonds is 3. The Kier molecular flexibility index (Phi) is 9.33. The molecule has 45 heavy (non-hydrogen) atoms. The van der Waals surface area contributed by atoms with Crippen molar-refractivity contribution in [2.75, 3.05) is 26.4 Å². The van der Waals surface area contributed by atoms with Crippen LogP contribution in [0.15, 0.2) is 36.4 Å². The summed E-state index contributed by atoms with van der Waals surface area (Å²) in [5.74, 6) is 11.9. The van der Waals surface area contributed by atoms with Crippen molar-refractivity contribution in [2.45, 2.75) is 85.7 Å². The summed E-state index contributed by atoms with van der Waals surface area (Å²) in [6, 6.07) is 11.8. The average Bonchev–Trinajstić information content (AvgIpc) is 3.31. The highest BCUT2D eigenvalue weighted by Crippen LogP contribution is 2.54. The van der Waals surface area contributed by atoms with Crippen LogP contribution in [0.3, 0.4) is 0 Å². The van der Waals surface area contributed by atoms with E-state index in [0.717, 1.165) is 35.1 Å². The molecule has 0 saturated carbocycles. The molecule has 4 aliphatic rings. The van der Waals surface area contributed by atoms with Crippen LogP contribution in [0.5, 0.6) is 0 Å². The maximum atomic E-state index is 10.5. The van der Waals surface area contributed by atoms with Gasteiger partial charge in [0.25, 0.3) is 0 Å². The Morgan fingerprint density at radius 3 is 1.62 bits per heavy atom. The molecule has 0 radical (unpaired) electrons. The number of aliphatic hydroxyl groups excluding tert-OH is 8. The Labute approximate surface area is 260 Å². The van der Waals surface area contributed by atoms with Gasteiger partial charge in [-0.25, -0.2) is 0 Å². The Balaban J connectivity index is 1.30. The third kappa shape index (κ3) is 5.80. The molecule has 3 aliphatic heterocycles. The van der Waals surface area contributed by atoms with Crippen molar-refractivity contribution in [1.82, 2.24) is 0 Å². The van der Waals surface area contributed by atoms with Gasteiger partial charge < -0.3 is 55.1 Å². The zero-order valence-corrected chi connectivity index (χ0v) is 24.5. The third-order valence-electron chi connectivity index (χ3n) is 9.44. The topological polar surface area (TPSA) is 190 Å². The summed E-state index contributed by atoms with van der Waals surface area (Å²) >= 11 is 0.